The molecule has 2 fully saturated rings. The van der Waals surface area contributed by atoms with Crippen LogP contribution in [0.25, 0.3) is 0 Å². The van der Waals surface area contributed by atoms with Crippen molar-refractivity contribution in [3.8, 4) is 0 Å². The van der Waals surface area contributed by atoms with Gasteiger partial charge in [-0.15, -0.1) is 0 Å². The van der Waals surface area contributed by atoms with Gasteiger partial charge in [-0.1, -0.05) is 18.2 Å². The predicted molar refractivity (Wildman–Crippen MR) is 96.6 cm³/mol. The number of hydrogen-bond donors (Lipinski definition) is 1. The summed E-state index contributed by atoms with van der Waals surface area (Å²) < 4.78 is 4.98. The number of anilines is 1. The summed E-state index contributed by atoms with van der Waals surface area (Å²) in [5.41, 5.74) is 1.79. The van der Waals surface area contributed by atoms with Gasteiger partial charge in [0.05, 0.1) is 18.4 Å². The Bertz CT molecular complexity index is 698. The first-order valence-corrected chi connectivity index (χ1v) is 9.08. The van der Waals surface area contributed by atoms with Crippen molar-refractivity contribution in [3.05, 3.63) is 29.8 Å². The molecule has 2 atom stereocenters. The lowest BCUT2D eigenvalue weighted by Crippen LogP contribution is -2.51. The van der Waals surface area contributed by atoms with Gasteiger partial charge in [0.1, 0.15) is 0 Å². The van der Waals surface area contributed by atoms with Gasteiger partial charge in [-0.25, -0.2) is 4.79 Å². The molecule has 1 saturated carbocycles. The number of hydrogen-bond acceptors (Lipinski definition) is 4. The highest BCUT2D eigenvalue weighted by Gasteiger charge is 2.49. The molecule has 0 bridgehead atoms. The van der Waals surface area contributed by atoms with Crippen molar-refractivity contribution in [2.75, 3.05) is 38.1 Å². The van der Waals surface area contributed by atoms with Crippen LogP contribution in [0.2, 0.25) is 0 Å². The number of rotatable bonds is 4. The number of ether oxygens (including phenoxy) is 1. The number of nitrogens with zero attached hydrogens (tertiary/aromatic N) is 2. The normalized spacial score (nSPS) is 21.9. The first kappa shape index (κ1) is 18.2. The van der Waals surface area contributed by atoms with Crippen LogP contribution < -0.4 is 5.32 Å². The molecular formula is C19H25N3O4. The van der Waals surface area contributed by atoms with Crippen LogP contribution in [-0.4, -0.2) is 60.5 Å². The van der Waals surface area contributed by atoms with Crippen molar-refractivity contribution >= 4 is 23.6 Å². The fraction of sp³-hybridized carbons (Fsp3) is 0.526. The highest BCUT2D eigenvalue weighted by Crippen LogP contribution is 2.41. The largest absolute Gasteiger partial charge is 0.450 e. The third-order valence-corrected chi connectivity index (χ3v) is 4.96. The third-order valence-electron chi connectivity index (χ3n) is 4.96. The second-order valence-corrected chi connectivity index (χ2v) is 6.76. The standard InChI is InChI=1S/C19H25N3O4/c1-3-26-19(25)22-10-8-21(9-11-22)18(24)15-12-14(15)17(23)20-16-7-5-4-6-13(16)2/h4-7,14-15H,3,8-12H2,1-2H3,(H,20,23). The van der Waals surface area contributed by atoms with E-state index >= 15 is 0 Å². The molecule has 7 heteroatoms. The van der Waals surface area contributed by atoms with Crippen LogP contribution in [-0.2, 0) is 14.3 Å². The highest BCUT2D eigenvalue weighted by atomic mass is 16.6. The number of piperazine rings is 1. The molecule has 2 aliphatic rings. The van der Waals surface area contributed by atoms with Gasteiger partial charge in [0.25, 0.3) is 0 Å². The summed E-state index contributed by atoms with van der Waals surface area (Å²) in [5.74, 6) is -0.584. The van der Waals surface area contributed by atoms with Gasteiger partial charge >= 0.3 is 6.09 Å². The molecule has 2 unspecified atom stereocenters. The Morgan fingerprint density at radius 2 is 1.73 bits per heavy atom. The topological polar surface area (TPSA) is 79.0 Å². The highest BCUT2D eigenvalue weighted by molar-refractivity contribution is 5.99. The van der Waals surface area contributed by atoms with Crippen LogP contribution in [0.5, 0.6) is 0 Å². The number of nitrogens with one attached hydrogen (secondary N) is 1. The number of carbonyl (C=O) groups excluding carboxylic acids is 3. The van der Waals surface area contributed by atoms with Crippen molar-refractivity contribution in [1.29, 1.82) is 0 Å². The van der Waals surface area contributed by atoms with Crippen LogP contribution in [0, 0.1) is 18.8 Å². The Morgan fingerprint density at radius 3 is 2.38 bits per heavy atom. The Balaban J connectivity index is 1.48. The fourth-order valence-corrected chi connectivity index (χ4v) is 3.25. The Labute approximate surface area is 153 Å². The SMILES string of the molecule is CCOC(=O)N1CCN(C(=O)C2CC2C(=O)Nc2ccccc2C)CC1. The molecular weight excluding hydrogens is 334 g/mol. The van der Waals surface area contributed by atoms with Crippen LogP contribution in [0.4, 0.5) is 10.5 Å². The molecule has 1 aliphatic carbocycles. The van der Waals surface area contributed by atoms with Gasteiger partial charge in [0.15, 0.2) is 0 Å². The minimum Gasteiger partial charge on any atom is -0.450 e. The van der Waals surface area contributed by atoms with E-state index in [0.29, 0.717) is 39.2 Å². The van der Waals surface area contributed by atoms with E-state index in [1.54, 1.807) is 16.7 Å². The lowest BCUT2D eigenvalue weighted by molar-refractivity contribution is -0.135. The Hall–Kier alpha value is -2.57. The van der Waals surface area contributed by atoms with E-state index in [0.717, 1.165) is 11.3 Å². The molecule has 1 aromatic carbocycles. The molecule has 0 radical (unpaired) electrons. The van der Waals surface area contributed by atoms with E-state index in [9.17, 15) is 14.4 Å². The molecule has 7 nitrogen and oxygen atoms in total. The number of amides is 3. The summed E-state index contributed by atoms with van der Waals surface area (Å²) >= 11 is 0. The minimum atomic E-state index is -0.332. The number of carbonyl (C=O) groups is 3. The average Bonchev–Trinajstić information content (AvgIpc) is 3.44. The zero-order valence-electron chi connectivity index (χ0n) is 15.2. The molecule has 3 amide bonds. The van der Waals surface area contributed by atoms with Crippen molar-refractivity contribution in [1.82, 2.24) is 9.80 Å². The van der Waals surface area contributed by atoms with Crippen LogP contribution in [0.1, 0.15) is 18.9 Å². The second kappa shape index (κ2) is 7.76. The molecule has 1 heterocycles. The van der Waals surface area contributed by atoms with E-state index < -0.39 is 0 Å². The predicted octanol–water partition coefficient (Wildman–Crippen LogP) is 1.87. The van der Waals surface area contributed by atoms with E-state index in [1.165, 1.54) is 0 Å². The zero-order valence-corrected chi connectivity index (χ0v) is 15.2. The van der Waals surface area contributed by atoms with E-state index in [-0.39, 0.29) is 29.7 Å². The Morgan fingerprint density at radius 1 is 1.08 bits per heavy atom. The minimum absolute atomic E-state index is 0.0124. The van der Waals surface area contributed by atoms with Gasteiger partial charge in [0, 0.05) is 31.9 Å². The van der Waals surface area contributed by atoms with E-state index in [4.69, 9.17) is 4.74 Å². The van der Waals surface area contributed by atoms with Gasteiger partial charge in [-0.2, -0.15) is 0 Å². The van der Waals surface area contributed by atoms with E-state index in [1.807, 2.05) is 31.2 Å². The molecule has 1 N–H and O–H groups in total. The van der Waals surface area contributed by atoms with Crippen LogP contribution in [0.15, 0.2) is 24.3 Å². The molecule has 0 spiro atoms. The van der Waals surface area contributed by atoms with Gasteiger partial charge in [-0.05, 0) is 31.9 Å². The molecule has 3 rings (SSSR count). The zero-order chi connectivity index (χ0) is 18.7. The summed E-state index contributed by atoms with van der Waals surface area (Å²) in [4.78, 5) is 40.1. The summed E-state index contributed by atoms with van der Waals surface area (Å²) in [7, 11) is 0. The van der Waals surface area contributed by atoms with Crippen LogP contribution in [0.3, 0.4) is 0 Å². The van der Waals surface area contributed by atoms with E-state index in [2.05, 4.69) is 5.32 Å². The maximum atomic E-state index is 12.6. The fourth-order valence-electron chi connectivity index (χ4n) is 3.25. The molecule has 1 aliphatic heterocycles. The molecule has 1 saturated heterocycles. The van der Waals surface area contributed by atoms with Crippen molar-refractivity contribution < 1.29 is 19.1 Å². The third kappa shape index (κ3) is 3.98. The van der Waals surface area contributed by atoms with Gasteiger partial charge in [0.2, 0.25) is 11.8 Å². The maximum Gasteiger partial charge on any atom is 0.409 e. The number of aryl methyl sites for hydroxylation is 1. The first-order valence-electron chi connectivity index (χ1n) is 9.08. The van der Waals surface area contributed by atoms with Gasteiger partial charge in [-0.3, -0.25) is 9.59 Å². The number of benzene rings is 1. The molecule has 0 aromatic heterocycles. The summed E-state index contributed by atoms with van der Waals surface area (Å²) in [5, 5.41) is 2.92. The summed E-state index contributed by atoms with van der Waals surface area (Å²) in [6.07, 6.45) is 0.260. The summed E-state index contributed by atoms with van der Waals surface area (Å²) in [6.45, 7) is 5.97. The smallest absolute Gasteiger partial charge is 0.409 e. The summed E-state index contributed by atoms with van der Waals surface area (Å²) in [6, 6.07) is 7.60. The Kier molecular flexibility index (Phi) is 5.44. The van der Waals surface area contributed by atoms with Crippen molar-refractivity contribution in [2.24, 2.45) is 11.8 Å². The molecule has 140 valence electrons. The molecule has 26 heavy (non-hydrogen) atoms. The average molecular weight is 359 g/mol. The first-order chi connectivity index (χ1) is 12.5. The van der Waals surface area contributed by atoms with Crippen molar-refractivity contribution in [3.63, 3.8) is 0 Å². The lowest BCUT2D eigenvalue weighted by atomic mass is 10.2. The monoisotopic (exact) mass is 359 g/mol. The number of para-hydroxylation sites is 1. The lowest BCUT2D eigenvalue weighted by Gasteiger charge is -2.34. The quantitative estimate of drug-likeness (QED) is 0.890. The maximum absolute atomic E-state index is 12.6. The van der Waals surface area contributed by atoms with Crippen molar-refractivity contribution in [2.45, 2.75) is 20.3 Å². The molecule has 1 aromatic rings. The van der Waals surface area contributed by atoms with Crippen LogP contribution >= 0.6 is 0 Å². The van der Waals surface area contributed by atoms with Gasteiger partial charge < -0.3 is 19.9 Å². The second-order valence-electron chi connectivity index (χ2n) is 6.76.